The molecule has 4 N–H and O–H groups in total. The van der Waals surface area contributed by atoms with Crippen LogP contribution in [-0.4, -0.2) is 10.2 Å². The van der Waals surface area contributed by atoms with Gasteiger partial charge < -0.3 is 15.9 Å². The van der Waals surface area contributed by atoms with E-state index < -0.39 is 6.29 Å². The maximum Gasteiger partial charge on any atom is 0.178 e. The van der Waals surface area contributed by atoms with Crippen LogP contribution in [0.15, 0.2) is 12.1 Å². The van der Waals surface area contributed by atoms with Gasteiger partial charge in [-0.25, -0.2) is 0 Å². The Bertz CT molecular complexity index is 272. The number of benzene rings is 1. The number of aliphatic hydroxyl groups excluding tert-OH is 1. The molecule has 0 saturated carbocycles. The molecular weight excluding hydrogens is 154 g/mol. The van der Waals surface area contributed by atoms with Crippen LogP contribution in [0.4, 0.5) is 5.69 Å². The Morgan fingerprint density at radius 3 is 1.92 bits per heavy atom. The number of hydrogen-bond acceptors (Lipinski definition) is 3. The standard InChI is InChI=1S/C9H13NO2/c1-5-3-7(10)4-6(2)8(5)9(11)12/h3-4,9,11-12H,10H2,1-2H3. The summed E-state index contributed by atoms with van der Waals surface area (Å²) in [4.78, 5) is 0. The van der Waals surface area contributed by atoms with E-state index in [2.05, 4.69) is 0 Å². The Kier molecular flexibility index (Phi) is 2.35. The van der Waals surface area contributed by atoms with Gasteiger partial charge in [-0.2, -0.15) is 0 Å². The van der Waals surface area contributed by atoms with Gasteiger partial charge in [0.15, 0.2) is 6.29 Å². The Labute approximate surface area is 71.5 Å². The lowest BCUT2D eigenvalue weighted by Crippen LogP contribution is -2.02. The summed E-state index contributed by atoms with van der Waals surface area (Å²) < 4.78 is 0. The van der Waals surface area contributed by atoms with Gasteiger partial charge in [0.2, 0.25) is 0 Å². The molecule has 1 aromatic rings. The van der Waals surface area contributed by atoms with Crippen LogP contribution in [0, 0.1) is 13.8 Å². The normalized spacial score (nSPS) is 10.8. The Hall–Kier alpha value is -1.06. The topological polar surface area (TPSA) is 66.5 Å². The highest BCUT2D eigenvalue weighted by Gasteiger charge is 2.09. The van der Waals surface area contributed by atoms with E-state index in [-0.39, 0.29) is 0 Å². The van der Waals surface area contributed by atoms with Crippen LogP contribution < -0.4 is 5.73 Å². The molecule has 3 heteroatoms. The van der Waals surface area contributed by atoms with Crippen molar-refractivity contribution in [3.63, 3.8) is 0 Å². The zero-order valence-corrected chi connectivity index (χ0v) is 7.20. The van der Waals surface area contributed by atoms with E-state index in [1.165, 1.54) is 0 Å². The van der Waals surface area contributed by atoms with Crippen molar-refractivity contribution in [2.45, 2.75) is 20.1 Å². The number of nitrogen functional groups attached to an aromatic ring is 1. The van der Waals surface area contributed by atoms with Crippen LogP contribution in [0.25, 0.3) is 0 Å². The third-order valence-corrected chi connectivity index (χ3v) is 1.87. The van der Waals surface area contributed by atoms with Crippen LogP contribution in [0.3, 0.4) is 0 Å². The summed E-state index contributed by atoms with van der Waals surface area (Å²) in [5.74, 6) is 0. The lowest BCUT2D eigenvalue weighted by Gasteiger charge is -2.12. The highest BCUT2D eigenvalue weighted by molar-refractivity contribution is 5.49. The lowest BCUT2D eigenvalue weighted by molar-refractivity contribution is -0.0433. The summed E-state index contributed by atoms with van der Waals surface area (Å²) in [6, 6.07) is 3.45. The Morgan fingerprint density at radius 2 is 1.58 bits per heavy atom. The predicted molar refractivity (Wildman–Crippen MR) is 47.5 cm³/mol. The molecule has 0 aliphatic heterocycles. The quantitative estimate of drug-likeness (QED) is 0.429. The molecule has 3 nitrogen and oxygen atoms in total. The molecule has 1 aromatic carbocycles. The number of hydrogen-bond donors (Lipinski definition) is 3. The van der Waals surface area contributed by atoms with Crippen LogP contribution >= 0.6 is 0 Å². The molecule has 0 aromatic heterocycles. The van der Waals surface area contributed by atoms with Gasteiger partial charge in [0.05, 0.1) is 0 Å². The fraction of sp³-hybridized carbons (Fsp3) is 0.333. The van der Waals surface area contributed by atoms with Gasteiger partial charge in [0.1, 0.15) is 0 Å². The number of aliphatic hydroxyl groups is 2. The summed E-state index contributed by atoms with van der Waals surface area (Å²) in [6.45, 7) is 3.61. The van der Waals surface area contributed by atoms with Gasteiger partial charge in [0.25, 0.3) is 0 Å². The fourth-order valence-corrected chi connectivity index (χ4v) is 1.42. The first-order chi connectivity index (χ1) is 5.52. The third kappa shape index (κ3) is 1.57. The van der Waals surface area contributed by atoms with Gasteiger partial charge in [-0.1, -0.05) is 0 Å². The van der Waals surface area contributed by atoms with Crippen molar-refractivity contribution in [2.75, 3.05) is 5.73 Å². The van der Waals surface area contributed by atoms with Crippen molar-refractivity contribution in [1.82, 2.24) is 0 Å². The molecule has 12 heavy (non-hydrogen) atoms. The van der Waals surface area contributed by atoms with E-state index in [0.717, 1.165) is 11.1 Å². The van der Waals surface area contributed by atoms with E-state index in [0.29, 0.717) is 11.3 Å². The van der Waals surface area contributed by atoms with Crippen molar-refractivity contribution < 1.29 is 10.2 Å². The molecule has 0 amide bonds. The summed E-state index contributed by atoms with van der Waals surface area (Å²) in [7, 11) is 0. The summed E-state index contributed by atoms with van der Waals surface area (Å²) >= 11 is 0. The molecule has 0 bridgehead atoms. The minimum absolute atomic E-state index is 0.546. The second-order valence-electron chi connectivity index (χ2n) is 2.94. The van der Waals surface area contributed by atoms with E-state index in [1.807, 2.05) is 0 Å². The highest BCUT2D eigenvalue weighted by Crippen LogP contribution is 2.22. The number of rotatable bonds is 1. The molecular formula is C9H13NO2. The maximum absolute atomic E-state index is 8.99. The molecule has 0 unspecified atom stereocenters. The van der Waals surface area contributed by atoms with Gasteiger partial charge >= 0.3 is 0 Å². The minimum atomic E-state index is -1.41. The molecule has 66 valence electrons. The van der Waals surface area contributed by atoms with Crippen molar-refractivity contribution in [3.05, 3.63) is 28.8 Å². The zero-order chi connectivity index (χ0) is 9.30. The molecule has 0 aliphatic carbocycles. The second-order valence-corrected chi connectivity index (χ2v) is 2.94. The molecule has 0 fully saturated rings. The van der Waals surface area contributed by atoms with Crippen LogP contribution in [-0.2, 0) is 0 Å². The van der Waals surface area contributed by atoms with E-state index in [4.69, 9.17) is 15.9 Å². The van der Waals surface area contributed by atoms with Gasteiger partial charge in [-0.3, -0.25) is 0 Å². The van der Waals surface area contributed by atoms with Crippen LogP contribution in [0.5, 0.6) is 0 Å². The Morgan fingerprint density at radius 1 is 1.17 bits per heavy atom. The molecule has 0 spiro atoms. The van der Waals surface area contributed by atoms with Gasteiger partial charge in [0, 0.05) is 11.3 Å². The fourth-order valence-electron chi connectivity index (χ4n) is 1.42. The first kappa shape index (κ1) is 9.03. The SMILES string of the molecule is Cc1cc(N)cc(C)c1C(O)O. The average molecular weight is 167 g/mol. The zero-order valence-electron chi connectivity index (χ0n) is 7.20. The average Bonchev–Trinajstić information content (AvgIpc) is 1.82. The molecule has 0 aliphatic rings. The first-order valence-electron chi connectivity index (χ1n) is 3.75. The van der Waals surface area contributed by atoms with Crippen LogP contribution in [0.1, 0.15) is 23.0 Å². The van der Waals surface area contributed by atoms with Crippen LogP contribution in [0.2, 0.25) is 0 Å². The monoisotopic (exact) mass is 167 g/mol. The largest absolute Gasteiger partial charge is 0.399 e. The lowest BCUT2D eigenvalue weighted by atomic mass is 10.0. The van der Waals surface area contributed by atoms with Crippen molar-refractivity contribution in [3.8, 4) is 0 Å². The second kappa shape index (κ2) is 3.13. The summed E-state index contributed by atoms with van der Waals surface area (Å²) in [5, 5.41) is 18.0. The number of nitrogens with two attached hydrogens (primary N) is 1. The van der Waals surface area contributed by atoms with Crippen molar-refractivity contribution in [2.24, 2.45) is 0 Å². The van der Waals surface area contributed by atoms with Gasteiger partial charge in [-0.15, -0.1) is 0 Å². The van der Waals surface area contributed by atoms with Crippen molar-refractivity contribution in [1.29, 1.82) is 0 Å². The first-order valence-corrected chi connectivity index (χ1v) is 3.75. The molecule has 0 heterocycles. The molecule has 0 saturated heterocycles. The van der Waals surface area contributed by atoms with E-state index >= 15 is 0 Å². The molecule has 0 atom stereocenters. The predicted octanol–water partition coefficient (Wildman–Crippen LogP) is 0.869. The smallest absolute Gasteiger partial charge is 0.178 e. The van der Waals surface area contributed by atoms with E-state index in [9.17, 15) is 0 Å². The van der Waals surface area contributed by atoms with E-state index in [1.54, 1.807) is 26.0 Å². The number of aryl methyl sites for hydroxylation is 2. The highest BCUT2D eigenvalue weighted by atomic mass is 16.5. The van der Waals surface area contributed by atoms with Gasteiger partial charge in [-0.05, 0) is 37.1 Å². The molecule has 1 rings (SSSR count). The number of anilines is 1. The molecule has 0 radical (unpaired) electrons. The third-order valence-electron chi connectivity index (χ3n) is 1.87. The maximum atomic E-state index is 8.99. The minimum Gasteiger partial charge on any atom is -0.399 e. The summed E-state index contributed by atoms with van der Waals surface area (Å²) in [5.41, 5.74) is 8.37. The Balaban J connectivity index is 3.28. The summed E-state index contributed by atoms with van der Waals surface area (Å²) in [6.07, 6.45) is -1.41. The van der Waals surface area contributed by atoms with Crippen molar-refractivity contribution >= 4 is 5.69 Å².